The molecule has 0 bridgehead atoms. The van der Waals surface area contributed by atoms with Gasteiger partial charge in [0.15, 0.2) is 11.5 Å². The highest BCUT2D eigenvalue weighted by molar-refractivity contribution is 6.02. The number of halogens is 1. The number of aromatic nitrogens is 2. The zero-order valence-electron chi connectivity index (χ0n) is 15.5. The number of benzene rings is 2. The lowest BCUT2D eigenvalue weighted by Gasteiger charge is -2.18. The molecule has 29 heavy (non-hydrogen) atoms. The van der Waals surface area contributed by atoms with Gasteiger partial charge in [-0.2, -0.15) is 0 Å². The van der Waals surface area contributed by atoms with E-state index in [4.69, 9.17) is 9.47 Å². The van der Waals surface area contributed by atoms with Gasteiger partial charge in [0.2, 0.25) is 0 Å². The zero-order valence-corrected chi connectivity index (χ0v) is 15.5. The van der Waals surface area contributed by atoms with Gasteiger partial charge in [0.05, 0.1) is 12.4 Å². The molecule has 4 rings (SSSR count). The maximum Gasteiger partial charge on any atom is 0.275 e. The Bertz CT molecular complexity index is 1010. The van der Waals surface area contributed by atoms with E-state index < -0.39 is 0 Å². The second-order valence-corrected chi connectivity index (χ2v) is 6.37. The molecule has 0 aliphatic carbocycles. The second kappa shape index (κ2) is 8.55. The molecule has 0 saturated carbocycles. The Morgan fingerprint density at radius 2 is 1.86 bits per heavy atom. The van der Waals surface area contributed by atoms with Crippen LogP contribution in [0.1, 0.15) is 16.1 Å². The van der Waals surface area contributed by atoms with Crippen molar-refractivity contribution in [1.82, 2.24) is 9.97 Å². The molecule has 1 aliphatic heterocycles. The van der Waals surface area contributed by atoms with Gasteiger partial charge in [0.1, 0.15) is 30.5 Å². The van der Waals surface area contributed by atoms with E-state index >= 15 is 0 Å². The number of amides is 1. The van der Waals surface area contributed by atoms with Crippen molar-refractivity contribution in [2.75, 3.05) is 30.4 Å². The summed E-state index contributed by atoms with van der Waals surface area (Å²) in [6.45, 7) is 1.48. The van der Waals surface area contributed by atoms with Crippen LogP contribution < -0.4 is 20.1 Å². The maximum atomic E-state index is 13.6. The molecule has 1 amide bonds. The highest BCUT2D eigenvalue weighted by atomic mass is 19.1. The van der Waals surface area contributed by atoms with Gasteiger partial charge in [-0.25, -0.2) is 14.4 Å². The van der Waals surface area contributed by atoms with Gasteiger partial charge in [-0.1, -0.05) is 18.2 Å². The Balaban J connectivity index is 1.32. The first-order valence-electron chi connectivity index (χ1n) is 9.19. The fourth-order valence-corrected chi connectivity index (χ4v) is 2.88. The van der Waals surface area contributed by atoms with Crippen LogP contribution in [0.5, 0.6) is 11.5 Å². The molecule has 7 nitrogen and oxygen atoms in total. The molecule has 0 radical (unpaired) electrons. The maximum absolute atomic E-state index is 13.6. The third-order valence-electron chi connectivity index (χ3n) is 4.34. The number of rotatable bonds is 6. The van der Waals surface area contributed by atoms with Crippen LogP contribution >= 0.6 is 0 Å². The summed E-state index contributed by atoms with van der Waals surface area (Å²) in [6, 6.07) is 11.8. The Labute approximate surface area is 166 Å². The van der Waals surface area contributed by atoms with E-state index in [1.807, 2.05) is 0 Å². The predicted octanol–water partition coefficient (Wildman–Crippen LogP) is 3.29. The summed E-state index contributed by atoms with van der Waals surface area (Å²) in [4.78, 5) is 20.7. The number of fused-ring (bicyclic) bond motifs is 1. The number of hydrogen-bond acceptors (Lipinski definition) is 6. The van der Waals surface area contributed by atoms with Crippen LogP contribution in [0.2, 0.25) is 0 Å². The molecule has 0 spiro atoms. The summed E-state index contributed by atoms with van der Waals surface area (Å²) in [5, 5.41) is 5.83. The van der Waals surface area contributed by atoms with Crippen molar-refractivity contribution in [2.45, 2.75) is 6.42 Å². The molecule has 148 valence electrons. The standard InChI is InChI=1S/C21H19FN4O3/c22-16-4-2-1-3-14(16)7-8-23-20-13-24-17(12-25-20)21(27)26-15-5-6-18-19(11-15)29-10-9-28-18/h1-6,11-13H,7-10H2,(H,23,25)(H,26,27). The minimum atomic E-state index is -0.382. The van der Waals surface area contributed by atoms with Crippen molar-refractivity contribution < 1.29 is 18.7 Å². The van der Waals surface area contributed by atoms with E-state index in [1.165, 1.54) is 18.5 Å². The largest absolute Gasteiger partial charge is 0.486 e. The third kappa shape index (κ3) is 4.60. The highest BCUT2D eigenvalue weighted by Crippen LogP contribution is 2.32. The Morgan fingerprint density at radius 1 is 1.03 bits per heavy atom. The van der Waals surface area contributed by atoms with Crippen LogP contribution in [0.3, 0.4) is 0 Å². The van der Waals surface area contributed by atoms with E-state index in [2.05, 4.69) is 20.6 Å². The molecule has 2 heterocycles. The van der Waals surface area contributed by atoms with Gasteiger partial charge in [0, 0.05) is 18.3 Å². The van der Waals surface area contributed by atoms with Crippen LogP contribution in [-0.2, 0) is 6.42 Å². The zero-order chi connectivity index (χ0) is 20.1. The van der Waals surface area contributed by atoms with Crippen LogP contribution in [0.4, 0.5) is 15.9 Å². The summed E-state index contributed by atoms with van der Waals surface area (Å²) in [7, 11) is 0. The monoisotopic (exact) mass is 394 g/mol. The lowest BCUT2D eigenvalue weighted by molar-refractivity contribution is 0.102. The van der Waals surface area contributed by atoms with E-state index in [0.29, 0.717) is 54.7 Å². The highest BCUT2D eigenvalue weighted by Gasteiger charge is 2.14. The van der Waals surface area contributed by atoms with Gasteiger partial charge in [-0.3, -0.25) is 4.79 Å². The lowest BCUT2D eigenvalue weighted by atomic mass is 10.1. The molecule has 0 atom stereocenters. The van der Waals surface area contributed by atoms with Crippen molar-refractivity contribution in [3.63, 3.8) is 0 Å². The van der Waals surface area contributed by atoms with Gasteiger partial charge < -0.3 is 20.1 Å². The number of nitrogens with one attached hydrogen (secondary N) is 2. The number of ether oxygens (including phenoxy) is 2. The summed E-state index contributed by atoms with van der Waals surface area (Å²) in [6.07, 6.45) is 3.37. The predicted molar refractivity (Wildman–Crippen MR) is 106 cm³/mol. The molecular weight excluding hydrogens is 375 g/mol. The molecule has 0 fully saturated rings. The third-order valence-corrected chi connectivity index (χ3v) is 4.34. The average molecular weight is 394 g/mol. The smallest absolute Gasteiger partial charge is 0.275 e. The SMILES string of the molecule is O=C(Nc1ccc2c(c1)OCCO2)c1cnc(NCCc2ccccc2F)cn1. The summed E-state index contributed by atoms with van der Waals surface area (Å²) in [5.74, 6) is 1.14. The van der Waals surface area contributed by atoms with Gasteiger partial charge in [-0.15, -0.1) is 0 Å². The summed E-state index contributed by atoms with van der Waals surface area (Å²) >= 11 is 0. The first kappa shape index (κ1) is 18.7. The number of carbonyl (C=O) groups is 1. The van der Waals surface area contributed by atoms with E-state index in [9.17, 15) is 9.18 Å². The fourth-order valence-electron chi connectivity index (χ4n) is 2.88. The topological polar surface area (TPSA) is 85.4 Å². The van der Waals surface area contributed by atoms with Crippen molar-refractivity contribution >= 4 is 17.4 Å². The second-order valence-electron chi connectivity index (χ2n) is 6.37. The minimum Gasteiger partial charge on any atom is -0.486 e. The molecule has 8 heteroatoms. The van der Waals surface area contributed by atoms with Crippen molar-refractivity contribution in [1.29, 1.82) is 0 Å². The number of hydrogen-bond donors (Lipinski definition) is 2. The number of nitrogens with zero attached hydrogens (tertiary/aromatic N) is 2. The normalized spacial score (nSPS) is 12.3. The fraction of sp³-hybridized carbons (Fsp3) is 0.190. The molecule has 0 unspecified atom stereocenters. The summed E-state index contributed by atoms with van der Waals surface area (Å²) in [5.41, 5.74) is 1.39. The van der Waals surface area contributed by atoms with Crippen LogP contribution in [-0.4, -0.2) is 35.6 Å². The first-order chi connectivity index (χ1) is 14.2. The number of carbonyl (C=O) groups excluding carboxylic acids is 1. The molecular formula is C21H19FN4O3. The Morgan fingerprint density at radius 3 is 2.66 bits per heavy atom. The molecule has 0 saturated heterocycles. The van der Waals surface area contributed by atoms with E-state index in [0.717, 1.165) is 0 Å². The van der Waals surface area contributed by atoms with Crippen molar-refractivity contribution in [2.24, 2.45) is 0 Å². The minimum absolute atomic E-state index is 0.180. The van der Waals surface area contributed by atoms with E-state index in [-0.39, 0.29) is 17.4 Å². The lowest BCUT2D eigenvalue weighted by Crippen LogP contribution is -2.17. The van der Waals surface area contributed by atoms with Crippen LogP contribution in [0.15, 0.2) is 54.9 Å². The first-order valence-corrected chi connectivity index (χ1v) is 9.19. The Hall–Kier alpha value is -3.68. The molecule has 1 aliphatic rings. The van der Waals surface area contributed by atoms with Gasteiger partial charge >= 0.3 is 0 Å². The van der Waals surface area contributed by atoms with Gasteiger partial charge in [0.25, 0.3) is 5.91 Å². The average Bonchev–Trinajstić information content (AvgIpc) is 2.75. The summed E-state index contributed by atoms with van der Waals surface area (Å²) < 4.78 is 24.6. The van der Waals surface area contributed by atoms with Crippen molar-refractivity contribution in [3.05, 3.63) is 71.9 Å². The molecule has 2 aromatic carbocycles. The van der Waals surface area contributed by atoms with Crippen LogP contribution in [0, 0.1) is 5.82 Å². The van der Waals surface area contributed by atoms with Gasteiger partial charge in [-0.05, 0) is 30.2 Å². The van der Waals surface area contributed by atoms with Crippen LogP contribution in [0.25, 0.3) is 0 Å². The quantitative estimate of drug-likeness (QED) is 0.667. The molecule has 3 aromatic rings. The van der Waals surface area contributed by atoms with Crippen molar-refractivity contribution in [3.8, 4) is 11.5 Å². The Kier molecular flexibility index (Phi) is 5.51. The number of anilines is 2. The molecule has 2 N–H and O–H groups in total. The molecule has 1 aromatic heterocycles. The van der Waals surface area contributed by atoms with E-state index in [1.54, 1.807) is 36.4 Å².